The molecule has 0 aliphatic carbocycles. The third kappa shape index (κ3) is 4.78. The van der Waals surface area contributed by atoms with Gasteiger partial charge in [0.05, 0.1) is 5.69 Å². The van der Waals surface area contributed by atoms with E-state index in [4.69, 9.17) is 4.74 Å². The number of ether oxygens (including phenoxy) is 1. The van der Waals surface area contributed by atoms with Gasteiger partial charge in [-0.2, -0.15) is 0 Å². The maximum atomic E-state index is 12.4. The quantitative estimate of drug-likeness (QED) is 0.451. The summed E-state index contributed by atoms with van der Waals surface area (Å²) < 4.78 is 35.0. The molecule has 150 valence electrons. The van der Waals surface area contributed by atoms with E-state index < -0.39 is 10.0 Å². The summed E-state index contributed by atoms with van der Waals surface area (Å²) in [7, 11) is -3.53. The Kier molecular flexibility index (Phi) is 5.55. The van der Waals surface area contributed by atoms with Crippen molar-refractivity contribution >= 4 is 32.0 Å². The van der Waals surface area contributed by atoms with Gasteiger partial charge in [0.1, 0.15) is 18.1 Å². The summed E-state index contributed by atoms with van der Waals surface area (Å²) in [5.74, 6) is 0.534. The Morgan fingerprint density at radius 3 is 2.76 bits per heavy atom. The van der Waals surface area contributed by atoms with Crippen LogP contribution in [0.25, 0.3) is 16.2 Å². The van der Waals surface area contributed by atoms with Crippen molar-refractivity contribution in [2.45, 2.75) is 13.3 Å². The van der Waals surface area contributed by atoms with Crippen molar-refractivity contribution in [3.8, 4) is 17.0 Å². The number of imidazole rings is 1. The molecule has 8 heteroatoms. The Bertz CT molecular complexity index is 1180. The van der Waals surface area contributed by atoms with E-state index >= 15 is 0 Å². The lowest BCUT2D eigenvalue weighted by Gasteiger charge is -2.10. The standard InChI is InChI=1S/C21H21N3O3S2/c1-2-16-6-8-19(9-7-16)27-11-13-29(25,26)23-18-5-3-4-17(14-18)20-15-24-10-12-28-21(24)22-20/h3-10,12,14-15,23H,2,11,13H2,1H3. The Morgan fingerprint density at radius 1 is 1.17 bits per heavy atom. The van der Waals surface area contributed by atoms with Crippen molar-refractivity contribution in [2.75, 3.05) is 17.1 Å². The van der Waals surface area contributed by atoms with E-state index in [0.29, 0.717) is 11.4 Å². The van der Waals surface area contributed by atoms with Gasteiger partial charge in [0.15, 0.2) is 4.96 Å². The molecule has 0 saturated heterocycles. The molecule has 0 aliphatic heterocycles. The van der Waals surface area contributed by atoms with Crippen molar-refractivity contribution in [2.24, 2.45) is 0 Å². The molecular weight excluding hydrogens is 406 g/mol. The summed E-state index contributed by atoms with van der Waals surface area (Å²) in [6.07, 6.45) is 4.82. The highest BCUT2D eigenvalue weighted by molar-refractivity contribution is 7.92. The second-order valence-corrected chi connectivity index (χ2v) is 9.28. The lowest BCUT2D eigenvalue weighted by molar-refractivity contribution is 0.341. The molecule has 0 aliphatic rings. The Labute approximate surface area is 173 Å². The van der Waals surface area contributed by atoms with Crippen molar-refractivity contribution in [3.05, 3.63) is 71.9 Å². The van der Waals surface area contributed by atoms with Crippen LogP contribution in [-0.4, -0.2) is 30.2 Å². The van der Waals surface area contributed by atoms with Gasteiger partial charge in [-0.1, -0.05) is 31.2 Å². The predicted molar refractivity (Wildman–Crippen MR) is 117 cm³/mol. The van der Waals surface area contributed by atoms with Gasteiger partial charge in [-0.25, -0.2) is 13.4 Å². The average molecular weight is 428 g/mol. The van der Waals surface area contributed by atoms with E-state index in [9.17, 15) is 8.42 Å². The number of anilines is 1. The highest BCUT2D eigenvalue weighted by atomic mass is 32.2. The van der Waals surface area contributed by atoms with Gasteiger partial charge in [0, 0.05) is 29.0 Å². The van der Waals surface area contributed by atoms with E-state index in [2.05, 4.69) is 16.6 Å². The minimum Gasteiger partial charge on any atom is -0.492 e. The number of nitrogens with one attached hydrogen (secondary N) is 1. The van der Waals surface area contributed by atoms with Gasteiger partial charge in [-0.05, 0) is 36.2 Å². The molecule has 0 spiro atoms. The largest absolute Gasteiger partial charge is 0.492 e. The van der Waals surface area contributed by atoms with Crippen LogP contribution in [-0.2, 0) is 16.4 Å². The molecule has 0 unspecified atom stereocenters. The molecule has 0 atom stereocenters. The van der Waals surface area contributed by atoms with Crippen molar-refractivity contribution in [1.82, 2.24) is 9.38 Å². The minimum absolute atomic E-state index is 0.0812. The van der Waals surface area contributed by atoms with Crippen molar-refractivity contribution < 1.29 is 13.2 Å². The van der Waals surface area contributed by atoms with Gasteiger partial charge in [-0.3, -0.25) is 9.12 Å². The topological polar surface area (TPSA) is 72.7 Å². The van der Waals surface area contributed by atoms with E-state index in [0.717, 1.165) is 22.6 Å². The third-order valence-electron chi connectivity index (χ3n) is 4.48. The van der Waals surface area contributed by atoms with Crippen LogP contribution in [0.1, 0.15) is 12.5 Å². The molecular formula is C21H21N3O3S2. The number of sulfonamides is 1. The molecule has 4 aromatic rings. The summed E-state index contributed by atoms with van der Waals surface area (Å²) in [6.45, 7) is 2.16. The summed E-state index contributed by atoms with van der Waals surface area (Å²) in [6, 6.07) is 14.9. The van der Waals surface area contributed by atoms with Crippen LogP contribution in [0.2, 0.25) is 0 Å². The minimum atomic E-state index is -3.53. The zero-order valence-corrected chi connectivity index (χ0v) is 17.5. The Hall–Kier alpha value is -2.84. The zero-order chi connectivity index (χ0) is 20.3. The highest BCUT2D eigenvalue weighted by Gasteiger charge is 2.12. The number of aromatic nitrogens is 2. The maximum Gasteiger partial charge on any atom is 0.236 e. The molecule has 0 amide bonds. The smallest absolute Gasteiger partial charge is 0.236 e. The average Bonchev–Trinajstić information content (AvgIpc) is 3.30. The number of thiazole rings is 1. The second kappa shape index (κ2) is 8.26. The van der Waals surface area contributed by atoms with Crippen LogP contribution in [0.4, 0.5) is 5.69 Å². The SMILES string of the molecule is CCc1ccc(OCCS(=O)(=O)Nc2cccc(-c3cn4ccsc4n3)c2)cc1. The first-order valence-electron chi connectivity index (χ1n) is 9.27. The van der Waals surface area contributed by atoms with Gasteiger partial charge in [-0.15, -0.1) is 11.3 Å². The first kappa shape index (κ1) is 19.5. The molecule has 0 bridgehead atoms. The fourth-order valence-corrected chi connectivity index (χ4v) is 4.52. The van der Waals surface area contributed by atoms with Crippen LogP contribution >= 0.6 is 11.3 Å². The van der Waals surface area contributed by atoms with Crippen LogP contribution < -0.4 is 9.46 Å². The second-order valence-electron chi connectivity index (χ2n) is 6.57. The molecule has 4 rings (SSSR count). The highest BCUT2D eigenvalue weighted by Crippen LogP contribution is 2.24. The van der Waals surface area contributed by atoms with E-state index in [1.54, 1.807) is 23.5 Å². The number of hydrogen-bond donors (Lipinski definition) is 1. The Balaban J connectivity index is 1.39. The summed E-state index contributed by atoms with van der Waals surface area (Å²) >= 11 is 1.55. The third-order valence-corrected chi connectivity index (χ3v) is 6.50. The summed E-state index contributed by atoms with van der Waals surface area (Å²) in [5, 5.41) is 1.97. The molecule has 0 radical (unpaired) electrons. The van der Waals surface area contributed by atoms with Crippen LogP contribution in [0.15, 0.2) is 66.3 Å². The van der Waals surface area contributed by atoms with E-state index in [1.807, 2.05) is 58.6 Å². The monoisotopic (exact) mass is 427 g/mol. The normalized spacial score (nSPS) is 11.6. The number of nitrogens with zero attached hydrogens (tertiary/aromatic N) is 2. The number of fused-ring (bicyclic) bond motifs is 1. The summed E-state index contributed by atoms with van der Waals surface area (Å²) in [4.78, 5) is 5.46. The first-order valence-corrected chi connectivity index (χ1v) is 11.8. The van der Waals surface area contributed by atoms with Gasteiger partial charge in [0.2, 0.25) is 10.0 Å². The molecule has 2 aromatic carbocycles. The van der Waals surface area contributed by atoms with Gasteiger partial charge < -0.3 is 4.74 Å². The lowest BCUT2D eigenvalue weighted by Crippen LogP contribution is -2.21. The fourth-order valence-electron chi connectivity index (χ4n) is 2.93. The first-order chi connectivity index (χ1) is 14.0. The Morgan fingerprint density at radius 2 is 2.00 bits per heavy atom. The van der Waals surface area contributed by atoms with E-state index in [1.165, 1.54) is 5.56 Å². The number of rotatable bonds is 8. The molecule has 29 heavy (non-hydrogen) atoms. The molecule has 2 aromatic heterocycles. The van der Waals surface area contributed by atoms with Crippen LogP contribution in [0.5, 0.6) is 5.75 Å². The van der Waals surface area contributed by atoms with Crippen molar-refractivity contribution in [1.29, 1.82) is 0 Å². The zero-order valence-electron chi connectivity index (χ0n) is 15.9. The van der Waals surface area contributed by atoms with Crippen LogP contribution in [0.3, 0.4) is 0 Å². The van der Waals surface area contributed by atoms with E-state index in [-0.39, 0.29) is 12.4 Å². The fraction of sp³-hybridized carbons (Fsp3) is 0.190. The number of hydrogen-bond acceptors (Lipinski definition) is 5. The molecule has 0 saturated carbocycles. The molecule has 2 heterocycles. The summed E-state index contributed by atoms with van der Waals surface area (Å²) in [5.41, 5.74) is 3.38. The van der Waals surface area contributed by atoms with Crippen LogP contribution in [0, 0.1) is 0 Å². The lowest BCUT2D eigenvalue weighted by atomic mass is 10.1. The van der Waals surface area contributed by atoms with Crippen molar-refractivity contribution in [3.63, 3.8) is 0 Å². The van der Waals surface area contributed by atoms with Gasteiger partial charge in [0.25, 0.3) is 0 Å². The number of benzene rings is 2. The predicted octanol–water partition coefficient (Wildman–Crippen LogP) is 4.45. The molecule has 0 fully saturated rings. The molecule has 6 nitrogen and oxygen atoms in total. The molecule has 1 N–H and O–H groups in total. The number of aryl methyl sites for hydroxylation is 1. The maximum absolute atomic E-state index is 12.4. The van der Waals surface area contributed by atoms with Gasteiger partial charge >= 0.3 is 0 Å².